The number of halogens is 1. The number of anilines is 1. The van der Waals surface area contributed by atoms with E-state index in [0.29, 0.717) is 18.8 Å². The van der Waals surface area contributed by atoms with Crippen molar-refractivity contribution in [3.8, 4) is 0 Å². The summed E-state index contributed by atoms with van der Waals surface area (Å²) < 4.78 is 39.3. The van der Waals surface area contributed by atoms with E-state index < -0.39 is 10.0 Å². The summed E-state index contributed by atoms with van der Waals surface area (Å²) in [7, 11) is -3.39. The Morgan fingerprint density at radius 3 is 2.43 bits per heavy atom. The molecule has 0 aliphatic carbocycles. The van der Waals surface area contributed by atoms with E-state index in [2.05, 4.69) is 10.2 Å². The van der Waals surface area contributed by atoms with Gasteiger partial charge in [0.2, 0.25) is 10.0 Å². The van der Waals surface area contributed by atoms with Crippen LogP contribution in [0.4, 0.5) is 10.1 Å². The van der Waals surface area contributed by atoms with E-state index in [9.17, 15) is 12.8 Å². The van der Waals surface area contributed by atoms with Crippen LogP contribution < -0.4 is 9.62 Å². The molecule has 0 bridgehead atoms. The maximum Gasteiger partial charge on any atom is 0.236 e. The van der Waals surface area contributed by atoms with Crippen molar-refractivity contribution in [1.82, 2.24) is 10.2 Å². The molecule has 5 nitrogen and oxygen atoms in total. The zero-order valence-electron chi connectivity index (χ0n) is 12.3. The molecular weight excluding hydrogens is 293 g/mol. The molecule has 21 heavy (non-hydrogen) atoms. The molecule has 1 aromatic rings. The van der Waals surface area contributed by atoms with Crippen LogP contribution in [0.5, 0.6) is 0 Å². The fourth-order valence-electron chi connectivity index (χ4n) is 2.44. The van der Waals surface area contributed by atoms with Crippen molar-refractivity contribution >= 4 is 15.7 Å². The van der Waals surface area contributed by atoms with Crippen LogP contribution in [-0.2, 0) is 10.0 Å². The first-order valence-corrected chi connectivity index (χ1v) is 8.83. The number of hydrogen-bond acceptors (Lipinski definition) is 4. The lowest BCUT2D eigenvalue weighted by Crippen LogP contribution is -2.46. The van der Waals surface area contributed by atoms with Gasteiger partial charge in [0.15, 0.2) is 0 Å². The van der Waals surface area contributed by atoms with Crippen molar-refractivity contribution in [2.45, 2.75) is 6.92 Å². The maximum atomic E-state index is 13.0. The van der Waals surface area contributed by atoms with Gasteiger partial charge in [0, 0.05) is 39.3 Å². The van der Waals surface area contributed by atoms with Gasteiger partial charge in [-0.15, -0.1) is 0 Å². The predicted molar refractivity (Wildman–Crippen MR) is 82.5 cm³/mol. The molecule has 2 rings (SSSR count). The Morgan fingerprint density at radius 2 is 1.86 bits per heavy atom. The van der Waals surface area contributed by atoms with Crippen LogP contribution >= 0.6 is 0 Å². The minimum Gasteiger partial charge on any atom is -0.314 e. The number of piperazine rings is 1. The zero-order chi connectivity index (χ0) is 15.3. The Kier molecular flexibility index (Phi) is 5.55. The Labute approximate surface area is 125 Å². The van der Waals surface area contributed by atoms with Gasteiger partial charge in [0.05, 0.1) is 11.4 Å². The Hall–Kier alpha value is -1.18. The summed E-state index contributed by atoms with van der Waals surface area (Å²) in [6.45, 7) is 6.20. The number of nitrogens with one attached hydrogen (secondary N) is 1. The van der Waals surface area contributed by atoms with Crippen LogP contribution in [0.15, 0.2) is 24.3 Å². The number of hydrogen-bond donors (Lipinski definition) is 1. The van der Waals surface area contributed by atoms with Crippen LogP contribution in [0, 0.1) is 5.82 Å². The van der Waals surface area contributed by atoms with E-state index in [0.717, 1.165) is 26.2 Å². The average Bonchev–Trinajstić information content (AvgIpc) is 2.49. The van der Waals surface area contributed by atoms with E-state index in [1.54, 1.807) is 6.92 Å². The van der Waals surface area contributed by atoms with Gasteiger partial charge in [-0.3, -0.25) is 9.21 Å². The minimum absolute atomic E-state index is 0.0816. The van der Waals surface area contributed by atoms with Gasteiger partial charge in [-0.25, -0.2) is 12.8 Å². The van der Waals surface area contributed by atoms with E-state index in [-0.39, 0.29) is 11.6 Å². The van der Waals surface area contributed by atoms with Crippen LogP contribution in [-0.4, -0.2) is 58.3 Å². The zero-order valence-corrected chi connectivity index (χ0v) is 13.1. The lowest BCUT2D eigenvalue weighted by molar-refractivity contribution is 0.254. The molecular formula is C14H22FN3O2S. The topological polar surface area (TPSA) is 52.7 Å². The van der Waals surface area contributed by atoms with E-state index >= 15 is 0 Å². The first kappa shape index (κ1) is 16.2. The molecule has 1 aromatic carbocycles. The Morgan fingerprint density at radius 1 is 1.24 bits per heavy atom. The normalized spacial score (nSPS) is 16.9. The molecule has 0 radical (unpaired) electrons. The molecule has 0 atom stereocenters. The highest BCUT2D eigenvalue weighted by atomic mass is 32.2. The summed E-state index contributed by atoms with van der Waals surface area (Å²) in [5, 5.41) is 3.24. The minimum atomic E-state index is -3.39. The van der Waals surface area contributed by atoms with Crippen molar-refractivity contribution in [1.29, 1.82) is 0 Å². The molecule has 0 aromatic heterocycles. The van der Waals surface area contributed by atoms with Gasteiger partial charge in [-0.05, 0) is 31.2 Å². The molecule has 1 N–H and O–H groups in total. The summed E-state index contributed by atoms with van der Waals surface area (Å²) in [4.78, 5) is 2.15. The Balaban J connectivity index is 2.03. The molecule has 0 spiro atoms. The Bertz CT molecular complexity index is 542. The van der Waals surface area contributed by atoms with Crippen molar-refractivity contribution in [2.75, 3.05) is 49.3 Å². The summed E-state index contributed by atoms with van der Waals surface area (Å²) in [6.07, 6.45) is 0. The van der Waals surface area contributed by atoms with Gasteiger partial charge < -0.3 is 5.32 Å². The van der Waals surface area contributed by atoms with Crippen LogP contribution in [0.25, 0.3) is 0 Å². The van der Waals surface area contributed by atoms with Crippen LogP contribution in [0.3, 0.4) is 0 Å². The van der Waals surface area contributed by atoms with Gasteiger partial charge in [-0.1, -0.05) is 0 Å². The third-order valence-electron chi connectivity index (χ3n) is 3.61. The third-order valence-corrected chi connectivity index (χ3v) is 5.45. The van der Waals surface area contributed by atoms with Gasteiger partial charge in [0.1, 0.15) is 5.82 Å². The number of sulfonamides is 1. The highest BCUT2D eigenvalue weighted by Gasteiger charge is 2.22. The standard InChI is InChI=1S/C14H22FN3O2S/c1-2-18(14-5-3-13(15)4-6-14)21(19,20)12-11-17-9-7-16-8-10-17/h3-6,16H,2,7-12H2,1H3. The SMILES string of the molecule is CCN(c1ccc(F)cc1)S(=O)(=O)CCN1CCNCC1. The number of nitrogens with zero attached hydrogens (tertiary/aromatic N) is 2. The molecule has 1 fully saturated rings. The largest absolute Gasteiger partial charge is 0.314 e. The molecule has 0 saturated carbocycles. The fourth-order valence-corrected chi connectivity index (χ4v) is 3.98. The quantitative estimate of drug-likeness (QED) is 0.847. The molecule has 118 valence electrons. The summed E-state index contributed by atoms with van der Waals surface area (Å²) in [5.41, 5.74) is 0.513. The van der Waals surface area contributed by atoms with E-state index in [1.807, 2.05) is 0 Å². The number of rotatable bonds is 6. The van der Waals surface area contributed by atoms with Gasteiger partial charge in [-0.2, -0.15) is 0 Å². The second-order valence-corrected chi connectivity index (χ2v) is 7.06. The maximum absolute atomic E-state index is 13.0. The summed E-state index contributed by atoms with van der Waals surface area (Å²) >= 11 is 0. The van der Waals surface area contributed by atoms with Crippen LogP contribution in [0.2, 0.25) is 0 Å². The van der Waals surface area contributed by atoms with Gasteiger partial charge in [0.25, 0.3) is 0 Å². The second-order valence-electron chi connectivity index (χ2n) is 5.05. The molecule has 1 heterocycles. The first-order chi connectivity index (χ1) is 10.0. The lowest BCUT2D eigenvalue weighted by atomic mass is 10.3. The van der Waals surface area contributed by atoms with Crippen molar-refractivity contribution in [2.24, 2.45) is 0 Å². The summed E-state index contributed by atoms with van der Waals surface area (Å²) in [5.74, 6) is -0.286. The molecule has 1 aliphatic heterocycles. The fraction of sp³-hybridized carbons (Fsp3) is 0.571. The molecule has 1 saturated heterocycles. The monoisotopic (exact) mass is 315 g/mol. The first-order valence-electron chi connectivity index (χ1n) is 7.22. The second kappa shape index (κ2) is 7.20. The molecule has 7 heteroatoms. The van der Waals surface area contributed by atoms with Crippen LogP contribution in [0.1, 0.15) is 6.92 Å². The highest BCUT2D eigenvalue weighted by molar-refractivity contribution is 7.92. The van der Waals surface area contributed by atoms with E-state index in [4.69, 9.17) is 0 Å². The molecule has 0 unspecified atom stereocenters. The van der Waals surface area contributed by atoms with E-state index in [1.165, 1.54) is 28.6 Å². The van der Waals surface area contributed by atoms with Crippen molar-refractivity contribution in [3.63, 3.8) is 0 Å². The number of benzene rings is 1. The highest BCUT2D eigenvalue weighted by Crippen LogP contribution is 2.18. The van der Waals surface area contributed by atoms with Gasteiger partial charge >= 0.3 is 0 Å². The van der Waals surface area contributed by atoms with Crippen molar-refractivity contribution < 1.29 is 12.8 Å². The smallest absolute Gasteiger partial charge is 0.236 e. The van der Waals surface area contributed by atoms with Crippen molar-refractivity contribution in [3.05, 3.63) is 30.1 Å². The third kappa shape index (κ3) is 4.39. The molecule has 1 aliphatic rings. The lowest BCUT2D eigenvalue weighted by Gasteiger charge is -2.29. The predicted octanol–water partition coefficient (Wildman–Crippen LogP) is 0.887. The molecule has 0 amide bonds. The average molecular weight is 315 g/mol. The summed E-state index contributed by atoms with van der Waals surface area (Å²) in [6, 6.07) is 5.57.